The van der Waals surface area contributed by atoms with E-state index < -0.39 is 0 Å². The van der Waals surface area contributed by atoms with Crippen LogP contribution in [0.5, 0.6) is 0 Å². The summed E-state index contributed by atoms with van der Waals surface area (Å²) in [7, 11) is 0. The molecule has 0 aromatic rings. The Morgan fingerprint density at radius 1 is 1.30 bits per heavy atom. The molecule has 0 amide bonds. The highest BCUT2D eigenvalue weighted by Gasteiger charge is 2.16. The van der Waals surface area contributed by atoms with Gasteiger partial charge < -0.3 is 10.8 Å². The van der Waals surface area contributed by atoms with E-state index in [4.69, 9.17) is 5.73 Å². The standard InChI is InChI=1S/C8H19NO/c1-6(2)8(10)7(3)4-5-9/h6-8,10H,4-5,9H2,1-3H3. The van der Waals surface area contributed by atoms with Crippen LogP contribution in [0, 0.1) is 11.8 Å². The molecule has 2 atom stereocenters. The van der Waals surface area contributed by atoms with Gasteiger partial charge in [0.15, 0.2) is 0 Å². The average molecular weight is 145 g/mol. The first kappa shape index (κ1) is 9.92. The summed E-state index contributed by atoms with van der Waals surface area (Å²) in [5, 5.41) is 9.47. The molecule has 2 nitrogen and oxygen atoms in total. The maximum atomic E-state index is 9.47. The average Bonchev–Trinajstić information content (AvgIpc) is 1.87. The number of aliphatic hydroxyl groups is 1. The van der Waals surface area contributed by atoms with Gasteiger partial charge in [0.25, 0.3) is 0 Å². The third kappa shape index (κ3) is 3.18. The van der Waals surface area contributed by atoms with Crippen LogP contribution in [0.1, 0.15) is 27.2 Å². The van der Waals surface area contributed by atoms with Gasteiger partial charge in [-0.15, -0.1) is 0 Å². The predicted molar refractivity (Wildman–Crippen MR) is 43.7 cm³/mol. The van der Waals surface area contributed by atoms with Crippen LogP contribution in [-0.4, -0.2) is 17.8 Å². The van der Waals surface area contributed by atoms with Crippen LogP contribution in [0.15, 0.2) is 0 Å². The van der Waals surface area contributed by atoms with E-state index in [0.717, 1.165) is 6.42 Å². The predicted octanol–water partition coefficient (Wildman–Crippen LogP) is 0.988. The van der Waals surface area contributed by atoms with Gasteiger partial charge in [-0.05, 0) is 24.8 Å². The minimum Gasteiger partial charge on any atom is -0.393 e. The van der Waals surface area contributed by atoms with Crippen molar-refractivity contribution in [3.8, 4) is 0 Å². The lowest BCUT2D eigenvalue weighted by atomic mass is 9.92. The molecule has 0 saturated heterocycles. The van der Waals surface area contributed by atoms with Crippen molar-refractivity contribution >= 4 is 0 Å². The first-order valence-corrected chi connectivity index (χ1v) is 3.97. The van der Waals surface area contributed by atoms with Crippen molar-refractivity contribution in [2.75, 3.05) is 6.54 Å². The largest absolute Gasteiger partial charge is 0.393 e. The normalized spacial score (nSPS) is 17.4. The summed E-state index contributed by atoms with van der Waals surface area (Å²) in [6, 6.07) is 0. The van der Waals surface area contributed by atoms with E-state index in [-0.39, 0.29) is 6.10 Å². The highest BCUT2D eigenvalue weighted by atomic mass is 16.3. The molecule has 0 fully saturated rings. The summed E-state index contributed by atoms with van der Waals surface area (Å²) in [5.74, 6) is 0.687. The Morgan fingerprint density at radius 3 is 2.10 bits per heavy atom. The third-order valence-corrected chi connectivity index (χ3v) is 1.89. The van der Waals surface area contributed by atoms with Crippen LogP contribution in [0.3, 0.4) is 0 Å². The van der Waals surface area contributed by atoms with Crippen LogP contribution in [-0.2, 0) is 0 Å². The lowest BCUT2D eigenvalue weighted by molar-refractivity contribution is 0.0695. The van der Waals surface area contributed by atoms with Crippen LogP contribution >= 0.6 is 0 Å². The molecule has 0 aromatic carbocycles. The molecule has 62 valence electrons. The lowest BCUT2D eigenvalue weighted by Crippen LogP contribution is -2.25. The molecule has 0 saturated carbocycles. The summed E-state index contributed by atoms with van der Waals surface area (Å²) in [4.78, 5) is 0. The zero-order valence-electron chi connectivity index (χ0n) is 7.17. The molecule has 2 unspecified atom stereocenters. The number of hydrogen-bond donors (Lipinski definition) is 2. The molecule has 10 heavy (non-hydrogen) atoms. The van der Waals surface area contributed by atoms with E-state index in [9.17, 15) is 5.11 Å². The Labute approximate surface area is 63.4 Å². The van der Waals surface area contributed by atoms with E-state index in [1.165, 1.54) is 0 Å². The minimum absolute atomic E-state index is 0.191. The van der Waals surface area contributed by atoms with Crippen molar-refractivity contribution in [3.63, 3.8) is 0 Å². The van der Waals surface area contributed by atoms with E-state index in [2.05, 4.69) is 0 Å². The van der Waals surface area contributed by atoms with Crippen LogP contribution < -0.4 is 5.73 Å². The molecule has 0 heterocycles. The molecule has 0 aliphatic rings. The van der Waals surface area contributed by atoms with Crippen molar-refractivity contribution < 1.29 is 5.11 Å². The summed E-state index contributed by atoms with van der Waals surface area (Å²) in [6.45, 7) is 6.76. The Hall–Kier alpha value is -0.0800. The van der Waals surface area contributed by atoms with Crippen molar-refractivity contribution in [1.29, 1.82) is 0 Å². The molecule has 0 aliphatic carbocycles. The molecule has 0 aromatic heterocycles. The third-order valence-electron chi connectivity index (χ3n) is 1.89. The number of aliphatic hydroxyl groups excluding tert-OH is 1. The second-order valence-electron chi connectivity index (χ2n) is 3.29. The molecule has 0 spiro atoms. The van der Waals surface area contributed by atoms with Crippen LogP contribution in [0.25, 0.3) is 0 Å². The minimum atomic E-state index is -0.191. The Balaban J connectivity index is 3.58. The van der Waals surface area contributed by atoms with E-state index in [1.54, 1.807) is 0 Å². The Bertz CT molecular complexity index is 83.3. The van der Waals surface area contributed by atoms with Gasteiger partial charge in [-0.25, -0.2) is 0 Å². The topological polar surface area (TPSA) is 46.2 Å². The van der Waals surface area contributed by atoms with Crippen molar-refractivity contribution in [2.24, 2.45) is 17.6 Å². The second kappa shape index (κ2) is 4.69. The maximum absolute atomic E-state index is 9.47. The van der Waals surface area contributed by atoms with Gasteiger partial charge in [0.1, 0.15) is 0 Å². The first-order chi connectivity index (χ1) is 4.59. The number of nitrogens with two attached hydrogens (primary N) is 1. The quantitative estimate of drug-likeness (QED) is 0.619. The lowest BCUT2D eigenvalue weighted by Gasteiger charge is -2.21. The van der Waals surface area contributed by atoms with Crippen molar-refractivity contribution in [3.05, 3.63) is 0 Å². The van der Waals surface area contributed by atoms with Gasteiger partial charge in [-0.2, -0.15) is 0 Å². The first-order valence-electron chi connectivity index (χ1n) is 3.97. The van der Waals surface area contributed by atoms with Crippen LogP contribution in [0.2, 0.25) is 0 Å². The highest BCUT2D eigenvalue weighted by molar-refractivity contribution is 4.67. The summed E-state index contributed by atoms with van der Waals surface area (Å²) < 4.78 is 0. The fourth-order valence-electron chi connectivity index (χ4n) is 1.09. The van der Waals surface area contributed by atoms with Gasteiger partial charge >= 0.3 is 0 Å². The molecular weight excluding hydrogens is 126 g/mol. The van der Waals surface area contributed by atoms with E-state index in [0.29, 0.717) is 18.4 Å². The summed E-state index contributed by atoms with van der Waals surface area (Å²) in [5.41, 5.74) is 5.36. The smallest absolute Gasteiger partial charge is 0.0589 e. The fraction of sp³-hybridized carbons (Fsp3) is 1.00. The number of hydrogen-bond acceptors (Lipinski definition) is 2. The summed E-state index contributed by atoms with van der Waals surface area (Å²) in [6.07, 6.45) is 0.725. The van der Waals surface area contributed by atoms with Gasteiger partial charge in [0, 0.05) is 0 Å². The van der Waals surface area contributed by atoms with E-state index >= 15 is 0 Å². The Morgan fingerprint density at radius 2 is 1.80 bits per heavy atom. The molecule has 0 bridgehead atoms. The second-order valence-corrected chi connectivity index (χ2v) is 3.29. The monoisotopic (exact) mass is 145 g/mol. The molecule has 2 heteroatoms. The zero-order chi connectivity index (χ0) is 8.15. The zero-order valence-corrected chi connectivity index (χ0v) is 7.17. The van der Waals surface area contributed by atoms with Gasteiger partial charge in [0.05, 0.1) is 6.10 Å². The fourth-order valence-corrected chi connectivity index (χ4v) is 1.09. The molecule has 3 N–H and O–H groups in total. The number of rotatable bonds is 4. The Kier molecular flexibility index (Phi) is 4.65. The molecule has 0 aliphatic heterocycles. The molecule has 0 rings (SSSR count). The van der Waals surface area contributed by atoms with Crippen molar-refractivity contribution in [2.45, 2.75) is 33.3 Å². The SMILES string of the molecule is CC(C)C(O)C(C)CCN. The van der Waals surface area contributed by atoms with Gasteiger partial charge in [0.2, 0.25) is 0 Å². The highest BCUT2D eigenvalue weighted by Crippen LogP contribution is 2.14. The maximum Gasteiger partial charge on any atom is 0.0589 e. The molecule has 0 radical (unpaired) electrons. The van der Waals surface area contributed by atoms with Crippen molar-refractivity contribution in [1.82, 2.24) is 0 Å². The molecular formula is C8H19NO. The van der Waals surface area contributed by atoms with Gasteiger partial charge in [-0.1, -0.05) is 20.8 Å². The van der Waals surface area contributed by atoms with E-state index in [1.807, 2.05) is 20.8 Å². The summed E-state index contributed by atoms with van der Waals surface area (Å²) >= 11 is 0. The van der Waals surface area contributed by atoms with Gasteiger partial charge in [-0.3, -0.25) is 0 Å². The van der Waals surface area contributed by atoms with Crippen LogP contribution in [0.4, 0.5) is 0 Å².